The number of nitro benzene ring substituents is 1. The Bertz CT molecular complexity index is 505. The van der Waals surface area contributed by atoms with Gasteiger partial charge in [-0.05, 0) is 17.5 Å². The van der Waals surface area contributed by atoms with E-state index in [-0.39, 0.29) is 19.0 Å². The first-order valence-electron chi connectivity index (χ1n) is 6.16. The van der Waals surface area contributed by atoms with Gasteiger partial charge in [0.2, 0.25) is 5.82 Å². The highest BCUT2D eigenvalue weighted by Gasteiger charge is 2.16. The van der Waals surface area contributed by atoms with Crippen LogP contribution >= 0.6 is 0 Å². The molecule has 0 aliphatic heterocycles. The third kappa shape index (κ3) is 4.93. The summed E-state index contributed by atoms with van der Waals surface area (Å²) >= 11 is 0. The summed E-state index contributed by atoms with van der Waals surface area (Å²) in [5.41, 5.74) is -0.0719. The number of nitro groups is 1. The molecule has 1 aromatic rings. The van der Waals surface area contributed by atoms with Crippen LogP contribution in [0.5, 0.6) is 0 Å². The van der Waals surface area contributed by atoms with Gasteiger partial charge in [0.05, 0.1) is 11.5 Å². The first kappa shape index (κ1) is 16.0. The molecule has 0 unspecified atom stereocenters. The number of nitrogens with zero attached hydrogens (tertiary/aromatic N) is 2. The Hall–Kier alpha value is -2.02. The van der Waals surface area contributed by atoms with Crippen molar-refractivity contribution in [3.05, 3.63) is 39.7 Å². The average Bonchev–Trinajstić information content (AvgIpc) is 2.26. The van der Waals surface area contributed by atoms with E-state index in [1.54, 1.807) is 4.90 Å². The van der Waals surface area contributed by atoms with E-state index >= 15 is 0 Å². The summed E-state index contributed by atoms with van der Waals surface area (Å²) in [5.74, 6) is -1.61. The molecule has 0 aliphatic rings. The van der Waals surface area contributed by atoms with Crippen molar-refractivity contribution in [3.8, 4) is 0 Å². The first-order valence-corrected chi connectivity index (χ1v) is 6.16. The Kier molecular flexibility index (Phi) is 5.57. The summed E-state index contributed by atoms with van der Waals surface area (Å²) < 4.78 is 13.5. The molecular formula is C13H17FN2O4. The lowest BCUT2D eigenvalue weighted by Gasteiger charge is -2.22. The van der Waals surface area contributed by atoms with E-state index in [2.05, 4.69) is 0 Å². The predicted molar refractivity (Wildman–Crippen MR) is 70.8 cm³/mol. The van der Waals surface area contributed by atoms with Crippen molar-refractivity contribution >= 4 is 11.7 Å². The molecule has 1 N–H and O–H groups in total. The lowest BCUT2D eigenvalue weighted by molar-refractivity contribution is -0.387. The number of hydrogen-bond donors (Lipinski definition) is 1. The van der Waals surface area contributed by atoms with E-state index in [0.717, 1.165) is 12.1 Å². The maximum absolute atomic E-state index is 13.5. The molecule has 1 aromatic carbocycles. The maximum Gasteiger partial charge on any atom is 0.317 e. The Morgan fingerprint density at radius 3 is 2.60 bits per heavy atom. The van der Waals surface area contributed by atoms with E-state index in [1.165, 1.54) is 6.07 Å². The smallest absolute Gasteiger partial charge is 0.317 e. The fourth-order valence-corrected chi connectivity index (χ4v) is 1.95. The number of halogens is 1. The van der Waals surface area contributed by atoms with Crippen molar-refractivity contribution in [3.63, 3.8) is 0 Å². The Morgan fingerprint density at radius 1 is 1.50 bits per heavy atom. The fourth-order valence-electron chi connectivity index (χ4n) is 1.95. The molecule has 0 aliphatic carbocycles. The number of hydrogen-bond acceptors (Lipinski definition) is 4. The molecule has 1 rings (SSSR count). The Balaban J connectivity index is 2.85. The van der Waals surface area contributed by atoms with E-state index in [0.29, 0.717) is 12.1 Å². The molecule has 110 valence electrons. The standard InChI is InChI=1S/C13H17FN2O4/c1-9(2)6-15(8-13(17)18)7-10-3-4-12(16(19)20)11(14)5-10/h3-5,9H,6-8H2,1-2H3,(H,17,18). The number of carboxylic acids is 1. The highest BCUT2D eigenvalue weighted by atomic mass is 19.1. The van der Waals surface area contributed by atoms with Crippen molar-refractivity contribution in [2.24, 2.45) is 5.92 Å². The van der Waals surface area contributed by atoms with Crippen LogP contribution in [0.2, 0.25) is 0 Å². The fraction of sp³-hybridized carbons (Fsp3) is 0.462. The molecule has 0 heterocycles. The zero-order chi connectivity index (χ0) is 15.3. The summed E-state index contributed by atoms with van der Waals surface area (Å²) in [5, 5.41) is 19.4. The zero-order valence-electron chi connectivity index (χ0n) is 11.4. The second kappa shape index (κ2) is 6.95. The van der Waals surface area contributed by atoms with Crippen molar-refractivity contribution < 1.29 is 19.2 Å². The van der Waals surface area contributed by atoms with Gasteiger partial charge in [-0.2, -0.15) is 4.39 Å². The monoisotopic (exact) mass is 284 g/mol. The van der Waals surface area contributed by atoms with Crippen LogP contribution in [0.15, 0.2) is 18.2 Å². The minimum atomic E-state index is -0.965. The third-order valence-electron chi connectivity index (χ3n) is 2.60. The van der Waals surface area contributed by atoms with Gasteiger partial charge < -0.3 is 5.11 Å². The summed E-state index contributed by atoms with van der Waals surface area (Å²) in [4.78, 5) is 22.2. The number of rotatable bonds is 7. The third-order valence-corrected chi connectivity index (χ3v) is 2.60. The topological polar surface area (TPSA) is 83.7 Å². The number of benzene rings is 1. The molecular weight excluding hydrogens is 267 g/mol. The maximum atomic E-state index is 13.5. The van der Waals surface area contributed by atoms with Gasteiger partial charge in [0, 0.05) is 19.2 Å². The molecule has 6 nitrogen and oxygen atoms in total. The van der Waals surface area contributed by atoms with Gasteiger partial charge in [0.15, 0.2) is 0 Å². The minimum absolute atomic E-state index is 0.156. The first-order chi connectivity index (χ1) is 9.29. The molecule has 7 heteroatoms. The molecule has 0 atom stereocenters. The van der Waals surface area contributed by atoms with Crippen molar-refractivity contribution in [2.75, 3.05) is 13.1 Å². The molecule has 0 saturated heterocycles. The summed E-state index contributed by atoms with van der Waals surface area (Å²) in [7, 11) is 0. The second-order valence-electron chi connectivity index (χ2n) is 5.00. The lowest BCUT2D eigenvalue weighted by Crippen LogP contribution is -2.32. The van der Waals surface area contributed by atoms with Crippen LogP contribution in [0.4, 0.5) is 10.1 Å². The normalized spacial score (nSPS) is 11.1. The number of aliphatic carboxylic acids is 1. The number of carbonyl (C=O) groups is 1. The number of carboxylic acid groups (broad SMARTS) is 1. The molecule has 0 saturated carbocycles. The lowest BCUT2D eigenvalue weighted by atomic mass is 10.1. The molecule has 0 amide bonds. The molecule has 0 fully saturated rings. The SMILES string of the molecule is CC(C)CN(CC(=O)O)Cc1ccc([N+](=O)[O-])c(F)c1. The van der Waals surface area contributed by atoms with Gasteiger partial charge in [-0.3, -0.25) is 19.8 Å². The predicted octanol–water partition coefficient (Wildman–Crippen LogP) is 2.28. The molecule has 20 heavy (non-hydrogen) atoms. The molecule has 0 radical (unpaired) electrons. The van der Waals surface area contributed by atoms with E-state index in [1.807, 2.05) is 13.8 Å². The van der Waals surface area contributed by atoms with E-state index in [9.17, 15) is 19.3 Å². The van der Waals surface area contributed by atoms with Crippen molar-refractivity contribution in [1.82, 2.24) is 4.90 Å². The second-order valence-corrected chi connectivity index (χ2v) is 5.00. The highest BCUT2D eigenvalue weighted by Crippen LogP contribution is 2.19. The van der Waals surface area contributed by atoms with Gasteiger partial charge in [-0.25, -0.2) is 0 Å². The van der Waals surface area contributed by atoms with E-state index in [4.69, 9.17) is 5.11 Å². The van der Waals surface area contributed by atoms with Crippen LogP contribution in [0.25, 0.3) is 0 Å². The molecule has 0 bridgehead atoms. The quantitative estimate of drug-likeness (QED) is 0.613. The van der Waals surface area contributed by atoms with Crippen LogP contribution in [0.1, 0.15) is 19.4 Å². The Labute approximate surface area is 116 Å². The van der Waals surface area contributed by atoms with Gasteiger partial charge in [0.1, 0.15) is 0 Å². The van der Waals surface area contributed by atoms with Crippen LogP contribution < -0.4 is 0 Å². The van der Waals surface area contributed by atoms with Crippen LogP contribution in [0, 0.1) is 21.8 Å². The van der Waals surface area contributed by atoms with E-state index < -0.39 is 22.4 Å². The molecule has 0 aromatic heterocycles. The van der Waals surface area contributed by atoms with Gasteiger partial charge in [-0.15, -0.1) is 0 Å². The summed E-state index contributed by atoms with van der Waals surface area (Å²) in [6, 6.07) is 3.61. The van der Waals surface area contributed by atoms with Gasteiger partial charge in [-0.1, -0.05) is 19.9 Å². The molecule has 0 spiro atoms. The van der Waals surface area contributed by atoms with Gasteiger partial charge >= 0.3 is 11.7 Å². The largest absolute Gasteiger partial charge is 0.480 e. The van der Waals surface area contributed by atoms with Crippen LogP contribution in [0.3, 0.4) is 0 Å². The van der Waals surface area contributed by atoms with Crippen molar-refractivity contribution in [2.45, 2.75) is 20.4 Å². The zero-order valence-corrected chi connectivity index (χ0v) is 11.4. The van der Waals surface area contributed by atoms with Crippen LogP contribution in [-0.2, 0) is 11.3 Å². The minimum Gasteiger partial charge on any atom is -0.480 e. The summed E-state index contributed by atoms with van der Waals surface area (Å²) in [6.07, 6.45) is 0. The average molecular weight is 284 g/mol. The van der Waals surface area contributed by atoms with Gasteiger partial charge in [0.25, 0.3) is 0 Å². The summed E-state index contributed by atoms with van der Waals surface area (Å²) in [6.45, 7) is 4.53. The Morgan fingerprint density at radius 2 is 2.15 bits per heavy atom. The highest BCUT2D eigenvalue weighted by molar-refractivity contribution is 5.69. The van der Waals surface area contributed by atoms with Crippen molar-refractivity contribution in [1.29, 1.82) is 0 Å². The van der Waals surface area contributed by atoms with Crippen LogP contribution in [-0.4, -0.2) is 34.0 Å².